The molecular formula is C20H30N2O3. The topological polar surface area (TPSA) is 58.6 Å². The Bertz CT molecular complexity index is 593. The van der Waals surface area contributed by atoms with Crippen molar-refractivity contribution in [3.63, 3.8) is 0 Å². The predicted octanol–water partition coefficient (Wildman–Crippen LogP) is 2.98. The fraction of sp³-hybridized carbons (Fsp3) is 0.600. The molecule has 1 heterocycles. The molecule has 1 aromatic carbocycles. The van der Waals surface area contributed by atoms with E-state index in [2.05, 4.69) is 12.2 Å². The van der Waals surface area contributed by atoms with Gasteiger partial charge in [-0.3, -0.25) is 9.59 Å². The second kappa shape index (κ2) is 9.44. The summed E-state index contributed by atoms with van der Waals surface area (Å²) in [4.78, 5) is 26.0. The van der Waals surface area contributed by atoms with Gasteiger partial charge in [0.1, 0.15) is 5.75 Å². The molecule has 1 aliphatic rings. The molecule has 0 bridgehead atoms. The first-order valence-electron chi connectivity index (χ1n) is 9.26. The molecule has 0 unspecified atom stereocenters. The van der Waals surface area contributed by atoms with Crippen molar-refractivity contribution in [3.05, 3.63) is 29.3 Å². The lowest BCUT2D eigenvalue weighted by molar-refractivity contribution is -0.134. The number of benzene rings is 1. The third kappa shape index (κ3) is 6.07. The van der Waals surface area contributed by atoms with Crippen LogP contribution in [-0.2, 0) is 9.59 Å². The van der Waals surface area contributed by atoms with Crippen molar-refractivity contribution in [1.82, 2.24) is 10.2 Å². The Morgan fingerprint density at radius 2 is 1.96 bits per heavy atom. The lowest BCUT2D eigenvalue weighted by Crippen LogP contribution is -2.47. The first-order chi connectivity index (χ1) is 12.0. The normalized spacial score (nSPS) is 15.1. The number of rotatable bonds is 7. The van der Waals surface area contributed by atoms with E-state index < -0.39 is 0 Å². The van der Waals surface area contributed by atoms with Crippen molar-refractivity contribution in [2.45, 2.75) is 58.9 Å². The Hall–Kier alpha value is -2.04. The standard InChI is InChI=1S/C20H30N2O3/c1-4-5-6-19(23)21-17-9-11-22(12-10-17)20(24)14-25-18-8-7-15(2)13-16(18)3/h7-8,13,17H,4-6,9-12,14H2,1-3H3,(H,21,23). The summed E-state index contributed by atoms with van der Waals surface area (Å²) >= 11 is 0. The number of hydrogen-bond acceptors (Lipinski definition) is 3. The summed E-state index contributed by atoms with van der Waals surface area (Å²) in [5, 5.41) is 3.08. The predicted molar refractivity (Wildman–Crippen MR) is 98.7 cm³/mol. The second-order valence-corrected chi connectivity index (χ2v) is 6.88. The number of carbonyl (C=O) groups is 2. The zero-order valence-electron chi connectivity index (χ0n) is 15.6. The number of likely N-dealkylation sites (tertiary alicyclic amines) is 1. The number of hydrogen-bond donors (Lipinski definition) is 1. The van der Waals surface area contributed by atoms with Gasteiger partial charge in [0.05, 0.1) is 0 Å². The van der Waals surface area contributed by atoms with Crippen LogP contribution in [0.3, 0.4) is 0 Å². The molecule has 25 heavy (non-hydrogen) atoms. The van der Waals surface area contributed by atoms with E-state index in [4.69, 9.17) is 4.74 Å². The maximum absolute atomic E-state index is 12.3. The van der Waals surface area contributed by atoms with Crippen LogP contribution in [0.5, 0.6) is 5.75 Å². The Morgan fingerprint density at radius 3 is 2.60 bits per heavy atom. The van der Waals surface area contributed by atoms with E-state index in [1.807, 2.05) is 36.9 Å². The Morgan fingerprint density at radius 1 is 1.24 bits per heavy atom. The van der Waals surface area contributed by atoms with E-state index in [0.717, 1.165) is 37.0 Å². The van der Waals surface area contributed by atoms with Crippen molar-refractivity contribution in [1.29, 1.82) is 0 Å². The third-order valence-electron chi connectivity index (χ3n) is 4.65. The van der Waals surface area contributed by atoms with E-state index in [-0.39, 0.29) is 24.5 Å². The molecular weight excluding hydrogens is 316 g/mol. The molecule has 1 saturated heterocycles. The molecule has 2 amide bonds. The Kier molecular flexibility index (Phi) is 7.29. The van der Waals surface area contributed by atoms with Gasteiger partial charge in [-0.05, 0) is 44.7 Å². The maximum atomic E-state index is 12.3. The van der Waals surface area contributed by atoms with Gasteiger partial charge in [-0.15, -0.1) is 0 Å². The number of piperidine rings is 1. The summed E-state index contributed by atoms with van der Waals surface area (Å²) in [5.74, 6) is 0.901. The van der Waals surface area contributed by atoms with Crippen LogP contribution in [0.1, 0.15) is 50.2 Å². The highest BCUT2D eigenvalue weighted by molar-refractivity contribution is 5.78. The molecule has 0 saturated carbocycles. The number of carbonyl (C=O) groups excluding carboxylic acids is 2. The average Bonchev–Trinajstić information content (AvgIpc) is 2.59. The molecule has 0 atom stereocenters. The molecule has 1 fully saturated rings. The molecule has 0 aliphatic carbocycles. The van der Waals surface area contributed by atoms with Gasteiger partial charge in [-0.1, -0.05) is 31.0 Å². The number of nitrogens with zero attached hydrogens (tertiary/aromatic N) is 1. The average molecular weight is 346 g/mol. The molecule has 5 nitrogen and oxygen atoms in total. The summed E-state index contributed by atoms with van der Waals surface area (Å²) in [5.41, 5.74) is 2.22. The highest BCUT2D eigenvalue weighted by atomic mass is 16.5. The Labute approximate surface area is 150 Å². The zero-order valence-corrected chi connectivity index (χ0v) is 15.6. The van der Waals surface area contributed by atoms with Gasteiger partial charge >= 0.3 is 0 Å². The largest absolute Gasteiger partial charge is 0.484 e. The molecule has 1 aromatic rings. The van der Waals surface area contributed by atoms with Crippen LogP contribution >= 0.6 is 0 Å². The van der Waals surface area contributed by atoms with Gasteiger partial charge < -0.3 is 15.0 Å². The van der Waals surface area contributed by atoms with E-state index in [9.17, 15) is 9.59 Å². The SMILES string of the molecule is CCCCC(=O)NC1CCN(C(=O)COc2ccc(C)cc2C)CC1. The number of ether oxygens (including phenoxy) is 1. The summed E-state index contributed by atoms with van der Waals surface area (Å²) < 4.78 is 5.68. The van der Waals surface area contributed by atoms with Gasteiger partial charge in [-0.2, -0.15) is 0 Å². The summed E-state index contributed by atoms with van der Waals surface area (Å²) in [6, 6.07) is 6.14. The van der Waals surface area contributed by atoms with Gasteiger partial charge in [-0.25, -0.2) is 0 Å². The van der Waals surface area contributed by atoms with Crippen molar-refractivity contribution in [2.24, 2.45) is 0 Å². The smallest absolute Gasteiger partial charge is 0.260 e. The molecule has 5 heteroatoms. The zero-order chi connectivity index (χ0) is 18.2. The first kappa shape index (κ1) is 19.3. The molecule has 1 aliphatic heterocycles. The summed E-state index contributed by atoms with van der Waals surface area (Å²) in [7, 11) is 0. The lowest BCUT2D eigenvalue weighted by Gasteiger charge is -2.32. The highest BCUT2D eigenvalue weighted by Crippen LogP contribution is 2.19. The molecule has 1 N–H and O–H groups in total. The minimum absolute atomic E-state index is 0.00994. The van der Waals surface area contributed by atoms with E-state index in [1.165, 1.54) is 5.56 Å². The number of unbranched alkanes of at least 4 members (excludes halogenated alkanes) is 1. The van der Waals surface area contributed by atoms with Crippen LogP contribution in [-0.4, -0.2) is 42.5 Å². The van der Waals surface area contributed by atoms with Crippen LogP contribution in [0.4, 0.5) is 0 Å². The molecule has 0 spiro atoms. The van der Waals surface area contributed by atoms with Gasteiger partial charge in [0, 0.05) is 25.6 Å². The van der Waals surface area contributed by atoms with Gasteiger partial charge in [0.25, 0.3) is 5.91 Å². The van der Waals surface area contributed by atoms with Gasteiger partial charge in [0.15, 0.2) is 6.61 Å². The lowest BCUT2D eigenvalue weighted by atomic mass is 10.0. The third-order valence-corrected chi connectivity index (χ3v) is 4.65. The number of aryl methyl sites for hydroxylation is 2. The number of amides is 2. The van der Waals surface area contributed by atoms with Crippen molar-refractivity contribution >= 4 is 11.8 Å². The minimum atomic E-state index is 0.00994. The fourth-order valence-electron chi connectivity index (χ4n) is 3.10. The molecule has 0 radical (unpaired) electrons. The van der Waals surface area contributed by atoms with Crippen LogP contribution < -0.4 is 10.1 Å². The fourth-order valence-corrected chi connectivity index (χ4v) is 3.10. The van der Waals surface area contributed by atoms with Crippen LogP contribution in [0.15, 0.2) is 18.2 Å². The molecule has 0 aromatic heterocycles. The Balaban J connectivity index is 1.73. The van der Waals surface area contributed by atoms with E-state index in [1.54, 1.807) is 0 Å². The van der Waals surface area contributed by atoms with Crippen LogP contribution in [0.25, 0.3) is 0 Å². The summed E-state index contributed by atoms with van der Waals surface area (Å²) in [6.45, 7) is 7.52. The van der Waals surface area contributed by atoms with Crippen molar-refractivity contribution in [3.8, 4) is 5.75 Å². The quantitative estimate of drug-likeness (QED) is 0.826. The molecule has 2 rings (SSSR count). The second-order valence-electron chi connectivity index (χ2n) is 6.88. The highest BCUT2D eigenvalue weighted by Gasteiger charge is 2.24. The van der Waals surface area contributed by atoms with E-state index in [0.29, 0.717) is 19.5 Å². The monoisotopic (exact) mass is 346 g/mol. The molecule has 138 valence electrons. The van der Waals surface area contributed by atoms with E-state index >= 15 is 0 Å². The van der Waals surface area contributed by atoms with Crippen LogP contribution in [0, 0.1) is 13.8 Å². The van der Waals surface area contributed by atoms with Gasteiger partial charge in [0.2, 0.25) is 5.91 Å². The minimum Gasteiger partial charge on any atom is -0.484 e. The first-order valence-corrected chi connectivity index (χ1v) is 9.26. The van der Waals surface area contributed by atoms with Crippen LogP contribution in [0.2, 0.25) is 0 Å². The number of nitrogens with one attached hydrogen (secondary N) is 1. The van der Waals surface area contributed by atoms with Crippen molar-refractivity contribution in [2.75, 3.05) is 19.7 Å². The maximum Gasteiger partial charge on any atom is 0.260 e. The summed E-state index contributed by atoms with van der Waals surface area (Å²) in [6.07, 6.45) is 4.18. The van der Waals surface area contributed by atoms with Crippen molar-refractivity contribution < 1.29 is 14.3 Å².